The molecule has 1 aliphatic heterocycles. The number of nitrogens with one attached hydrogen (secondary N) is 2. The number of fused-ring (bicyclic) bond motifs is 2. The Morgan fingerprint density at radius 2 is 1.65 bits per heavy atom. The predicted octanol–water partition coefficient (Wildman–Crippen LogP) is 5.79. The van der Waals surface area contributed by atoms with Crippen molar-refractivity contribution in [2.24, 2.45) is 7.05 Å². The van der Waals surface area contributed by atoms with Gasteiger partial charge >= 0.3 is 6.09 Å². The van der Waals surface area contributed by atoms with Crippen molar-refractivity contribution in [3.05, 3.63) is 126 Å². The molecule has 1 saturated heterocycles. The highest BCUT2D eigenvalue weighted by atomic mass is 16.6. The first-order chi connectivity index (χ1) is 27.3. The minimum Gasteiger partial charge on any atom is -0.444 e. The van der Waals surface area contributed by atoms with Crippen LogP contribution in [0.25, 0.3) is 27.9 Å². The summed E-state index contributed by atoms with van der Waals surface area (Å²) < 4.78 is 10.9. The monoisotopic (exact) mass is 765 g/mol. The molecule has 5 heterocycles. The Hall–Kier alpha value is -6.90. The molecule has 7 aromatic rings. The van der Waals surface area contributed by atoms with Crippen LogP contribution in [0.1, 0.15) is 59.9 Å². The zero-order valence-corrected chi connectivity index (χ0v) is 32.6. The van der Waals surface area contributed by atoms with Crippen LogP contribution in [-0.4, -0.2) is 80.6 Å². The Labute approximate surface area is 328 Å². The molecule has 4 aromatic heterocycles. The molecule has 15 heteroatoms. The molecule has 15 nitrogen and oxygen atoms in total. The molecule has 1 atom stereocenters. The van der Waals surface area contributed by atoms with Gasteiger partial charge in [-0.3, -0.25) is 9.59 Å². The molecule has 3 amide bonds. The first kappa shape index (κ1) is 37.0. The van der Waals surface area contributed by atoms with E-state index in [1.807, 2.05) is 98.3 Å². The summed E-state index contributed by atoms with van der Waals surface area (Å²) in [5.74, 6) is 0.155. The van der Waals surface area contributed by atoms with E-state index in [2.05, 4.69) is 31.0 Å². The van der Waals surface area contributed by atoms with Crippen LogP contribution in [0.4, 0.5) is 10.5 Å². The maximum absolute atomic E-state index is 14.7. The SMILES string of the molecule is Cc1cc(C)n2ncc(C(=O)Nc3ccc(-c4cn(C5(C(=O)NC(Cc6nc7ccccc7n6C)c6ccccc6)CN(C(=O)OC(C)(C)C)C5)nn4)cc3)c2n1. The Bertz CT molecular complexity index is 2630. The smallest absolute Gasteiger partial charge is 0.410 e. The van der Waals surface area contributed by atoms with Gasteiger partial charge in [-0.15, -0.1) is 5.10 Å². The van der Waals surface area contributed by atoms with Gasteiger partial charge in [0, 0.05) is 36.1 Å². The highest BCUT2D eigenvalue weighted by molar-refractivity contribution is 6.08. The number of para-hydroxylation sites is 2. The molecule has 0 bridgehead atoms. The average molecular weight is 766 g/mol. The molecule has 3 aromatic carbocycles. The van der Waals surface area contributed by atoms with Gasteiger partial charge < -0.3 is 24.8 Å². The van der Waals surface area contributed by atoms with Crippen LogP contribution in [0, 0.1) is 13.8 Å². The lowest BCUT2D eigenvalue weighted by Crippen LogP contribution is -2.71. The zero-order chi connectivity index (χ0) is 40.1. The van der Waals surface area contributed by atoms with Crippen molar-refractivity contribution in [1.82, 2.24) is 49.4 Å². The van der Waals surface area contributed by atoms with Crippen molar-refractivity contribution in [2.75, 3.05) is 18.4 Å². The number of benzene rings is 3. The summed E-state index contributed by atoms with van der Waals surface area (Å²) in [5, 5.41) is 19.5. The number of anilines is 1. The van der Waals surface area contributed by atoms with E-state index in [-0.39, 0.29) is 24.9 Å². The van der Waals surface area contributed by atoms with E-state index in [0.717, 1.165) is 33.8 Å². The third-order valence-electron chi connectivity index (χ3n) is 10.1. The van der Waals surface area contributed by atoms with Crippen LogP contribution < -0.4 is 10.6 Å². The fraction of sp³-hybridized carbons (Fsp3) is 0.286. The number of rotatable bonds is 9. The summed E-state index contributed by atoms with van der Waals surface area (Å²) in [4.78, 5) is 52.0. The number of likely N-dealkylation sites (tertiary alicyclic amines) is 1. The molecule has 0 saturated carbocycles. The lowest BCUT2D eigenvalue weighted by Gasteiger charge is -2.48. The second-order valence-corrected chi connectivity index (χ2v) is 15.5. The van der Waals surface area contributed by atoms with E-state index in [1.165, 1.54) is 15.8 Å². The molecule has 1 fully saturated rings. The molecule has 0 radical (unpaired) electrons. The summed E-state index contributed by atoms with van der Waals surface area (Å²) in [5.41, 5.74) is 5.08. The number of hydrogen-bond acceptors (Lipinski definition) is 9. The Kier molecular flexibility index (Phi) is 9.30. The number of ether oxygens (including phenoxy) is 1. The van der Waals surface area contributed by atoms with Gasteiger partial charge in [-0.2, -0.15) is 5.10 Å². The molecule has 0 spiro atoms. The van der Waals surface area contributed by atoms with Gasteiger partial charge in [0.2, 0.25) is 0 Å². The standard InChI is InChI=1S/C42H43N11O4/c1-26-20-27(2)53-37(44-26)31(22-43-53)38(54)45-30-18-16-29(17-19-30)34-23-52(49-48-34)42(24-51(25-42)40(56)57-41(3,4)5)39(55)47-33(28-12-8-7-9-13-28)21-36-46-32-14-10-11-15-35(32)50(36)6/h7-20,22-23,33H,21,24-25H2,1-6H3,(H,45,54)(H,47,55). The Morgan fingerprint density at radius 1 is 0.930 bits per heavy atom. The quantitative estimate of drug-likeness (QED) is 0.185. The van der Waals surface area contributed by atoms with Crippen LogP contribution in [0.2, 0.25) is 0 Å². The number of imidazole rings is 1. The molecule has 290 valence electrons. The first-order valence-electron chi connectivity index (χ1n) is 18.7. The summed E-state index contributed by atoms with van der Waals surface area (Å²) >= 11 is 0. The number of carbonyl (C=O) groups excluding carboxylic acids is 3. The number of aromatic nitrogens is 8. The number of carbonyl (C=O) groups is 3. The minimum atomic E-state index is -1.28. The zero-order valence-electron chi connectivity index (χ0n) is 32.6. The molecular weight excluding hydrogens is 723 g/mol. The van der Waals surface area contributed by atoms with E-state index in [1.54, 1.807) is 43.6 Å². The van der Waals surface area contributed by atoms with E-state index >= 15 is 0 Å². The van der Waals surface area contributed by atoms with Crippen molar-refractivity contribution in [3.63, 3.8) is 0 Å². The minimum absolute atomic E-state index is 0.0206. The van der Waals surface area contributed by atoms with Crippen LogP contribution in [0.5, 0.6) is 0 Å². The van der Waals surface area contributed by atoms with Gasteiger partial charge in [0.05, 0.1) is 42.6 Å². The maximum atomic E-state index is 14.7. The topological polar surface area (TPSA) is 166 Å². The number of hydrogen-bond donors (Lipinski definition) is 2. The van der Waals surface area contributed by atoms with Crippen molar-refractivity contribution in [1.29, 1.82) is 0 Å². The fourth-order valence-electron chi connectivity index (χ4n) is 7.18. The third kappa shape index (κ3) is 7.19. The van der Waals surface area contributed by atoms with Gasteiger partial charge in [-0.1, -0.05) is 59.8 Å². The Morgan fingerprint density at radius 3 is 2.37 bits per heavy atom. The van der Waals surface area contributed by atoms with Crippen molar-refractivity contribution in [2.45, 2.75) is 58.2 Å². The maximum Gasteiger partial charge on any atom is 0.410 e. The number of amides is 3. The van der Waals surface area contributed by atoms with Gasteiger partial charge in [-0.25, -0.2) is 24.0 Å². The van der Waals surface area contributed by atoms with Gasteiger partial charge in [0.25, 0.3) is 11.8 Å². The molecule has 0 aliphatic carbocycles. The largest absolute Gasteiger partial charge is 0.444 e. The average Bonchev–Trinajstić information content (AvgIpc) is 3.89. The lowest BCUT2D eigenvalue weighted by atomic mass is 9.88. The highest BCUT2D eigenvalue weighted by Crippen LogP contribution is 2.34. The summed E-state index contributed by atoms with van der Waals surface area (Å²) in [6.07, 6.45) is 3.12. The second-order valence-electron chi connectivity index (χ2n) is 15.5. The van der Waals surface area contributed by atoms with Crippen LogP contribution in [-0.2, 0) is 28.5 Å². The fourth-order valence-corrected chi connectivity index (χ4v) is 7.18. The van der Waals surface area contributed by atoms with Gasteiger partial charge in [-0.05, 0) is 70.5 Å². The molecule has 1 aliphatic rings. The Balaban J connectivity index is 1.05. The molecular formula is C42H43N11O4. The van der Waals surface area contributed by atoms with Crippen molar-refractivity contribution < 1.29 is 19.1 Å². The molecule has 57 heavy (non-hydrogen) atoms. The van der Waals surface area contributed by atoms with Crippen molar-refractivity contribution in [3.8, 4) is 11.3 Å². The van der Waals surface area contributed by atoms with E-state index in [4.69, 9.17) is 9.72 Å². The second kappa shape index (κ2) is 14.3. The first-order valence-corrected chi connectivity index (χ1v) is 18.7. The van der Waals surface area contributed by atoms with Gasteiger partial charge in [0.15, 0.2) is 11.2 Å². The molecule has 8 rings (SSSR count). The van der Waals surface area contributed by atoms with E-state index < -0.39 is 23.3 Å². The van der Waals surface area contributed by atoms with Gasteiger partial charge in [0.1, 0.15) is 22.7 Å². The summed E-state index contributed by atoms with van der Waals surface area (Å²) in [6.45, 7) is 9.23. The highest BCUT2D eigenvalue weighted by Gasteiger charge is 2.55. The van der Waals surface area contributed by atoms with Crippen LogP contribution in [0.3, 0.4) is 0 Å². The lowest BCUT2D eigenvalue weighted by molar-refractivity contribution is -0.140. The van der Waals surface area contributed by atoms with E-state index in [0.29, 0.717) is 34.6 Å². The summed E-state index contributed by atoms with van der Waals surface area (Å²) in [6, 6.07) is 26.3. The normalized spacial score (nSPS) is 14.3. The molecule has 1 unspecified atom stereocenters. The van der Waals surface area contributed by atoms with E-state index in [9.17, 15) is 14.4 Å². The summed E-state index contributed by atoms with van der Waals surface area (Å²) in [7, 11) is 1.97. The predicted molar refractivity (Wildman–Crippen MR) is 213 cm³/mol. The number of nitrogens with zero attached hydrogens (tertiary/aromatic N) is 9. The van der Waals surface area contributed by atoms with Crippen LogP contribution in [0.15, 0.2) is 97.3 Å². The molecule has 2 N–H and O–H groups in total. The number of aryl methyl sites for hydroxylation is 3. The van der Waals surface area contributed by atoms with Crippen molar-refractivity contribution >= 4 is 40.3 Å². The van der Waals surface area contributed by atoms with Crippen LogP contribution >= 0.6 is 0 Å². The third-order valence-corrected chi connectivity index (χ3v) is 10.1.